The Balaban J connectivity index is 1.94. The van der Waals surface area contributed by atoms with Crippen LogP contribution in [0.2, 0.25) is 0 Å². The Morgan fingerprint density at radius 2 is 2.10 bits per heavy atom. The maximum Gasteiger partial charge on any atom is 0.237 e. The summed E-state index contributed by atoms with van der Waals surface area (Å²) in [5, 5.41) is 3.10. The van der Waals surface area contributed by atoms with E-state index < -0.39 is 0 Å². The van der Waals surface area contributed by atoms with E-state index in [0.717, 1.165) is 37.1 Å². The van der Waals surface area contributed by atoms with Crippen LogP contribution in [-0.4, -0.2) is 37.0 Å². The zero-order valence-corrected chi connectivity index (χ0v) is 13.1. The van der Waals surface area contributed by atoms with E-state index >= 15 is 0 Å². The largest absolute Gasteiger partial charge is 0.380 e. The second kappa shape index (κ2) is 8.15. The van der Waals surface area contributed by atoms with Crippen molar-refractivity contribution in [2.24, 2.45) is 0 Å². The van der Waals surface area contributed by atoms with Gasteiger partial charge >= 0.3 is 0 Å². The summed E-state index contributed by atoms with van der Waals surface area (Å²) in [7, 11) is 1.69. The molecule has 2 rings (SSSR count). The molecule has 0 saturated carbocycles. The highest BCUT2D eigenvalue weighted by molar-refractivity contribution is 5.81. The third-order valence-electron chi connectivity index (χ3n) is 4.19. The number of nitrogens with one attached hydrogen (secondary N) is 1. The summed E-state index contributed by atoms with van der Waals surface area (Å²) >= 11 is 0. The number of methoxy groups -OCH3 is 1. The third kappa shape index (κ3) is 4.29. The summed E-state index contributed by atoms with van der Waals surface area (Å²) in [4.78, 5) is 14.7. The van der Waals surface area contributed by atoms with E-state index in [1.165, 1.54) is 6.42 Å². The second-order valence-electron chi connectivity index (χ2n) is 5.56. The smallest absolute Gasteiger partial charge is 0.237 e. The molecule has 1 heterocycles. The van der Waals surface area contributed by atoms with Crippen LogP contribution < -0.4 is 5.32 Å². The van der Waals surface area contributed by atoms with Gasteiger partial charge in [0.15, 0.2) is 0 Å². The number of likely N-dealkylation sites (tertiary alicyclic amines) is 1. The molecule has 1 aliphatic heterocycles. The van der Waals surface area contributed by atoms with E-state index in [0.29, 0.717) is 13.2 Å². The summed E-state index contributed by atoms with van der Waals surface area (Å²) in [5.41, 5.74) is 2.27. The molecule has 4 heteroatoms. The summed E-state index contributed by atoms with van der Waals surface area (Å²) in [6.07, 6.45) is 3.32. The average Bonchev–Trinajstić information content (AvgIpc) is 2.54. The minimum Gasteiger partial charge on any atom is -0.380 e. The van der Waals surface area contributed by atoms with Crippen molar-refractivity contribution in [3.8, 4) is 0 Å². The lowest BCUT2D eigenvalue weighted by atomic mass is 10.0. The first-order valence-electron chi connectivity index (χ1n) is 7.83. The Labute approximate surface area is 127 Å². The monoisotopic (exact) mass is 290 g/mol. The highest BCUT2D eigenvalue weighted by Crippen LogP contribution is 2.17. The van der Waals surface area contributed by atoms with Crippen LogP contribution in [0.5, 0.6) is 0 Å². The van der Waals surface area contributed by atoms with Gasteiger partial charge in [-0.1, -0.05) is 37.6 Å². The summed E-state index contributed by atoms with van der Waals surface area (Å²) in [6, 6.07) is 8.13. The SMILES string of the molecule is CCN1CCCCC1C(=O)NCc1ccccc1COC. The predicted molar refractivity (Wildman–Crippen MR) is 83.9 cm³/mol. The lowest BCUT2D eigenvalue weighted by Gasteiger charge is -2.33. The molecule has 1 N–H and O–H groups in total. The van der Waals surface area contributed by atoms with Gasteiger partial charge in [0.25, 0.3) is 0 Å². The number of ether oxygens (including phenoxy) is 1. The zero-order valence-electron chi connectivity index (χ0n) is 13.1. The first kappa shape index (κ1) is 16.0. The lowest BCUT2D eigenvalue weighted by Crippen LogP contribution is -2.49. The van der Waals surface area contributed by atoms with Crippen LogP contribution in [0, 0.1) is 0 Å². The fourth-order valence-corrected chi connectivity index (χ4v) is 2.99. The Morgan fingerprint density at radius 1 is 1.33 bits per heavy atom. The fourth-order valence-electron chi connectivity index (χ4n) is 2.99. The van der Waals surface area contributed by atoms with Crippen molar-refractivity contribution in [2.75, 3.05) is 20.2 Å². The second-order valence-corrected chi connectivity index (χ2v) is 5.56. The molecule has 0 aromatic heterocycles. The van der Waals surface area contributed by atoms with Crippen LogP contribution in [0.1, 0.15) is 37.3 Å². The Hall–Kier alpha value is -1.39. The van der Waals surface area contributed by atoms with Gasteiger partial charge in [0.1, 0.15) is 0 Å². The average molecular weight is 290 g/mol. The van der Waals surface area contributed by atoms with Crippen molar-refractivity contribution in [2.45, 2.75) is 45.4 Å². The standard InChI is InChI=1S/C17H26N2O2/c1-3-19-11-7-6-10-16(19)17(20)18-12-14-8-4-5-9-15(14)13-21-2/h4-5,8-9,16H,3,6-7,10-13H2,1-2H3,(H,18,20). The molecule has 4 nitrogen and oxygen atoms in total. The molecule has 1 aromatic rings. The molecule has 0 aliphatic carbocycles. The van der Waals surface area contributed by atoms with Gasteiger partial charge < -0.3 is 10.1 Å². The Kier molecular flexibility index (Phi) is 6.21. The highest BCUT2D eigenvalue weighted by atomic mass is 16.5. The predicted octanol–water partition coefficient (Wildman–Crippen LogP) is 2.32. The van der Waals surface area contributed by atoms with Gasteiger partial charge in [0.05, 0.1) is 12.6 Å². The number of hydrogen-bond donors (Lipinski definition) is 1. The van der Waals surface area contributed by atoms with E-state index in [1.54, 1.807) is 7.11 Å². The van der Waals surface area contributed by atoms with E-state index in [1.807, 2.05) is 24.3 Å². The minimum atomic E-state index is 0.0401. The van der Waals surface area contributed by atoms with Crippen molar-refractivity contribution >= 4 is 5.91 Å². The Bertz CT molecular complexity index is 462. The van der Waals surface area contributed by atoms with Crippen molar-refractivity contribution in [3.63, 3.8) is 0 Å². The van der Waals surface area contributed by atoms with Gasteiger partial charge in [-0.15, -0.1) is 0 Å². The Morgan fingerprint density at radius 3 is 2.81 bits per heavy atom. The van der Waals surface area contributed by atoms with Gasteiger partial charge in [-0.05, 0) is 37.1 Å². The number of rotatable bonds is 6. The first-order chi connectivity index (χ1) is 10.3. The minimum absolute atomic E-state index is 0.0401. The van der Waals surface area contributed by atoms with E-state index in [9.17, 15) is 4.79 Å². The molecule has 1 amide bonds. The van der Waals surface area contributed by atoms with Crippen LogP contribution in [-0.2, 0) is 22.7 Å². The van der Waals surface area contributed by atoms with E-state index in [-0.39, 0.29) is 11.9 Å². The van der Waals surface area contributed by atoms with Gasteiger partial charge in [-0.25, -0.2) is 0 Å². The third-order valence-corrected chi connectivity index (χ3v) is 4.19. The molecule has 0 spiro atoms. The molecule has 21 heavy (non-hydrogen) atoms. The maximum atomic E-state index is 12.4. The number of likely N-dealkylation sites (N-methyl/N-ethyl adjacent to an activating group) is 1. The van der Waals surface area contributed by atoms with Crippen LogP contribution in [0.25, 0.3) is 0 Å². The number of hydrogen-bond acceptors (Lipinski definition) is 3. The quantitative estimate of drug-likeness (QED) is 0.874. The number of nitrogens with zero attached hydrogens (tertiary/aromatic N) is 1. The van der Waals surface area contributed by atoms with Gasteiger partial charge in [-0.3, -0.25) is 9.69 Å². The van der Waals surface area contributed by atoms with Crippen LogP contribution in [0.4, 0.5) is 0 Å². The molecule has 0 bridgehead atoms. The number of benzene rings is 1. The van der Waals surface area contributed by atoms with Crippen molar-refractivity contribution in [1.82, 2.24) is 10.2 Å². The number of carbonyl (C=O) groups is 1. The van der Waals surface area contributed by atoms with Gasteiger partial charge in [0.2, 0.25) is 5.91 Å². The number of carbonyl (C=O) groups excluding carboxylic acids is 1. The van der Waals surface area contributed by atoms with Crippen molar-refractivity contribution < 1.29 is 9.53 Å². The van der Waals surface area contributed by atoms with Gasteiger partial charge in [-0.2, -0.15) is 0 Å². The lowest BCUT2D eigenvalue weighted by molar-refractivity contribution is -0.127. The molecule has 1 aliphatic rings. The molecule has 0 radical (unpaired) electrons. The summed E-state index contributed by atoms with van der Waals surface area (Å²) in [5.74, 6) is 0.156. The molecule has 1 saturated heterocycles. The van der Waals surface area contributed by atoms with E-state index in [2.05, 4.69) is 17.1 Å². The van der Waals surface area contributed by atoms with Crippen LogP contribution in [0.3, 0.4) is 0 Å². The molecule has 1 atom stereocenters. The normalized spacial score (nSPS) is 19.4. The fraction of sp³-hybridized carbons (Fsp3) is 0.588. The zero-order chi connectivity index (χ0) is 15.1. The molecular formula is C17H26N2O2. The maximum absolute atomic E-state index is 12.4. The number of piperidine rings is 1. The highest BCUT2D eigenvalue weighted by Gasteiger charge is 2.27. The molecule has 116 valence electrons. The van der Waals surface area contributed by atoms with Gasteiger partial charge in [0, 0.05) is 13.7 Å². The molecule has 1 fully saturated rings. The molecule has 1 unspecified atom stereocenters. The number of amides is 1. The van der Waals surface area contributed by atoms with E-state index in [4.69, 9.17) is 4.74 Å². The molecular weight excluding hydrogens is 264 g/mol. The topological polar surface area (TPSA) is 41.6 Å². The summed E-state index contributed by atoms with van der Waals surface area (Å²) in [6.45, 7) is 5.26. The van der Waals surface area contributed by atoms with Crippen molar-refractivity contribution in [3.05, 3.63) is 35.4 Å². The first-order valence-corrected chi connectivity index (χ1v) is 7.83. The summed E-state index contributed by atoms with van der Waals surface area (Å²) < 4.78 is 5.21. The van der Waals surface area contributed by atoms with Crippen LogP contribution in [0.15, 0.2) is 24.3 Å². The molecule has 1 aromatic carbocycles. The van der Waals surface area contributed by atoms with Crippen molar-refractivity contribution in [1.29, 1.82) is 0 Å². The van der Waals surface area contributed by atoms with Crippen LogP contribution >= 0.6 is 0 Å².